The number of fused-ring (bicyclic) bond motifs is 1. The van der Waals surface area contributed by atoms with Crippen molar-refractivity contribution in [1.82, 2.24) is 14.5 Å². The molecule has 2 atom stereocenters. The molecule has 5 heteroatoms. The van der Waals surface area contributed by atoms with Crippen LogP contribution in [0.4, 0.5) is 0 Å². The van der Waals surface area contributed by atoms with E-state index in [9.17, 15) is 0 Å². The Hall–Kier alpha value is -0.580. The van der Waals surface area contributed by atoms with Crippen molar-refractivity contribution in [3.8, 4) is 0 Å². The van der Waals surface area contributed by atoms with Gasteiger partial charge in [0.1, 0.15) is 5.82 Å². The minimum Gasteiger partial charge on any atom is -0.326 e. The predicted octanol–water partition coefficient (Wildman–Crippen LogP) is 4.44. The van der Waals surface area contributed by atoms with Crippen molar-refractivity contribution in [2.45, 2.75) is 32.2 Å². The van der Waals surface area contributed by atoms with E-state index in [1.807, 2.05) is 13.0 Å². The molecule has 2 unspecified atom stereocenters. The summed E-state index contributed by atoms with van der Waals surface area (Å²) >= 11 is 9.92. The van der Waals surface area contributed by atoms with Crippen LogP contribution in [0.25, 0.3) is 11.0 Å². The van der Waals surface area contributed by atoms with Crippen LogP contribution in [0.2, 0.25) is 0 Å². The van der Waals surface area contributed by atoms with Gasteiger partial charge in [0, 0.05) is 17.6 Å². The summed E-state index contributed by atoms with van der Waals surface area (Å²) < 4.78 is 3.41. The summed E-state index contributed by atoms with van der Waals surface area (Å²) in [5.41, 5.74) is 2.22. The van der Waals surface area contributed by atoms with E-state index >= 15 is 0 Å². The third kappa shape index (κ3) is 3.13. The molecule has 1 aromatic carbocycles. The van der Waals surface area contributed by atoms with Gasteiger partial charge in [-0.1, -0.05) is 22.9 Å². The molecule has 3 rings (SSSR count). The molecule has 1 aliphatic heterocycles. The van der Waals surface area contributed by atoms with Crippen molar-refractivity contribution in [2.75, 3.05) is 19.6 Å². The Morgan fingerprint density at radius 2 is 2.29 bits per heavy atom. The van der Waals surface area contributed by atoms with Gasteiger partial charge in [0.2, 0.25) is 0 Å². The first-order chi connectivity index (χ1) is 10.1. The van der Waals surface area contributed by atoms with E-state index in [0.29, 0.717) is 5.92 Å². The van der Waals surface area contributed by atoms with Gasteiger partial charge in [-0.15, -0.1) is 11.6 Å². The van der Waals surface area contributed by atoms with Gasteiger partial charge >= 0.3 is 0 Å². The number of rotatable bonds is 4. The van der Waals surface area contributed by atoms with Crippen LogP contribution in [0, 0.1) is 5.92 Å². The molecule has 2 aromatic rings. The summed E-state index contributed by atoms with van der Waals surface area (Å²) in [6.45, 7) is 8.78. The number of likely N-dealkylation sites (tertiary alicyclic amines) is 1. The molecule has 1 aromatic heterocycles. The number of nitrogens with zero attached hydrogens (tertiary/aromatic N) is 3. The van der Waals surface area contributed by atoms with Crippen LogP contribution in [0.3, 0.4) is 0 Å². The quantitative estimate of drug-likeness (QED) is 0.742. The summed E-state index contributed by atoms with van der Waals surface area (Å²) in [7, 11) is 0. The molecule has 0 aliphatic carbocycles. The van der Waals surface area contributed by atoms with E-state index in [1.165, 1.54) is 25.0 Å². The highest BCUT2D eigenvalue weighted by Gasteiger charge is 2.24. The molecular weight excluding hydrogens is 350 g/mol. The van der Waals surface area contributed by atoms with Gasteiger partial charge < -0.3 is 9.47 Å². The van der Waals surface area contributed by atoms with Gasteiger partial charge in [-0.3, -0.25) is 0 Å². The summed E-state index contributed by atoms with van der Waals surface area (Å²) in [6, 6.07) is 6.25. The maximum absolute atomic E-state index is 6.36. The van der Waals surface area contributed by atoms with Crippen molar-refractivity contribution >= 4 is 38.6 Å². The van der Waals surface area contributed by atoms with Gasteiger partial charge in [0.15, 0.2) is 0 Å². The number of benzene rings is 1. The largest absolute Gasteiger partial charge is 0.326 e. The lowest BCUT2D eigenvalue weighted by Gasteiger charge is -2.16. The standard InChI is InChI=1S/C16H21BrClN3/c1-3-20-7-6-12(9-20)10-21-15-8-13(17)4-5-14(15)19-16(21)11(2)18/h4-5,8,11-12H,3,6-7,9-10H2,1-2H3. The Balaban J connectivity index is 1.95. The minimum absolute atomic E-state index is 0.0696. The molecule has 1 fully saturated rings. The predicted molar refractivity (Wildman–Crippen MR) is 91.9 cm³/mol. The fraction of sp³-hybridized carbons (Fsp3) is 0.562. The highest BCUT2D eigenvalue weighted by Crippen LogP contribution is 2.29. The van der Waals surface area contributed by atoms with Crippen LogP contribution in [0.5, 0.6) is 0 Å². The zero-order chi connectivity index (χ0) is 15.0. The smallest absolute Gasteiger partial charge is 0.127 e. The third-order valence-corrected chi connectivity index (χ3v) is 5.04. The van der Waals surface area contributed by atoms with E-state index in [1.54, 1.807) is 0 Å². The van der Waals surface area contributed by atoms with E-state index in [-0.39, 0.29) is 5.38 Å². The van der Waals surface area contributed by atoms with Gasteiger partial charge in [-0.2, -0.15) is 0 Å². The second-order valence-corrected chi connectivity index (χ2v) is 7.45. The Bertz CT molecular complexity index is 638. The maximum Gasteiger partial charge on any atom is 0.127 e. The second-order valence-electron chi connectivity index (χ2n) is 5.88. The van der Waals surface area contributed by atoms with Crippen LogP contribution in [0.15, 0.2) is 22.7 Å². The molecular formula is C16H21BrClN3. The first-order valence-electron chi connectivity index (χ1n) is 7.60. The molecule has 3 nitrogen and oxygen atoms in total. The molecule has 21 heavy (non-hydrogen) atoms. The van der Waals surface area contributed by atoms with Gasteiger partial charge in [-0.25, -0.2) is 4.98 Å². The summed E-state index contributed by atoms with van der Waals surface area (Å²) in [5, 5.41) is -0.0696. The Labute approximate surface area is 139 Å². The topological polar surface area (TPSA) is 21.1 Å². The Kier molecular flexibility index (Phi) is 4.57. The third-order valence-electron chi connectivity index (χ3n) is 4.35. The van der Waals surface area contributed by atoms with E-state index in [4.69, 9.17) is 16.6 Å². The number of imidazole rings is 1. The molecule has 1 aliphatic rings. The summed E-state index contributed by atoms with van der Waals surface area (Å²) in [5.74, 6) is 1.68. The van der Waals surface area contributed by atoms with Crippen LogP contribution < -0.4 is 0 Å². The average molecular weight is 371 g/mol. The normalized spacial score (nSPS) is 21.2. The minimum atomic E-state index is -0.0696. The van der Waals surface area contributed by atoms with Crippen molar-refractivity contribution in [2.24, 2.45) is 5.92 Å². The van der Waals surface area contributed by atoms with Gasteiger partial charge in [0.05, 0.1) is 16.4 Å². The van der Waals surface area contributed by atoms with Gasteiger partial charge in [0.25, 0.3) is 0 Å². The summed E-state index contributed by atoms with van der Waals surface area (Å²) in [6.07, 6.45) is 1.26. The molecule has 0 saturated carbocycles. The van der Waals surface area contributed by atoms with Crippen molar-refractivity contribution < 1.29 is 0 Å². The van der Waals surface area contributed by atoms with Crippen LogP contribution in [-0.2, 0) is 6.54 Å². The van der Waals surface area contributed by atoms with E-state index in [0.717, 1.165) is 28.9 Å². The molecule has 0 radical (unpaired) electrons. The Morgan fingerprint density at radius 1 is 1.48 bits per heavy atom. The fourth-order valence-electron chi connectivity index (χ4n) is 3.22. The highest BCUT2D eigenvalue weighted by atomic mass is 79.9. The van der Waals surface area contributed by atoms with Crippen LogP contribution >= 0.6 is 27.5 Å². The molecule has 0 bridgehead atoms. The lowest BCUT2D eigenvalue weighted by molar-refractivity contribution is 0.332. The first kappa shape index (κ1) is 15.3. The molecule has 0 amide bonds. The SMILES string of the molecule is CCN1CCC(Cn2c(C(C)Cl)nc3ccc(Br)cc32)C1. The second kappa shape index (κ2) is 6.27. The average Bonchev–Trinajstić information content (AvgIpc) is 3.04. The molecule has 0 spiro atoms. The fourth-order valence-corrected chi connectivity index (χ4v) is 3.73. The van der Waals surface area contributed by atoms with Gasteiger partial charge in [-0.05, 0) is 50.6 Å². The van der Waals surface area contributed by atoms with Crippen LogP contribution in [-0.4, -0.2) is 34.1 Å². The Morgan fingerprint density at radius 3 is 2.95 bits per heavy atom. The monoisotopic (exact) mass is 369 g/mol. The first-order valence-corrected chi connectivity index (χ1v) is 8.83. The lowest BCUT2D eigenvalue weighted by Crippen LogP contribution is -2.21. The number of alkyl halides is 1. The van der Waals surface area contributed by atoms with Crippen molar-refractivity contribution in [3.05, 3.63) is 28.5 Å². The van der Waals surface area contributed by atoms with Crippen molar-refractivity contribution in [3.63, 3.8) is 0 Å². The number of hydrogen-bond acceptors (Lipinski definition) is 2. The number of hydrogen-bond donors (Lipinski definition) is 0. The zero-order valence-electron chi connectivity index (χ0n) is 12.5. The number of halogens is 2. The molecule has 2 heterocycles. The van der Waals surface area contributed by atoms with E-state index < -0.39 is 0 Å². The summed E-state index contributed by atoms with van der Waals surface area (Å²) in [4.78, 5) is 7.25. The zero-order valence-corrected chi connectivity index (χ0v) is 14.9. The molecule has 0 N–H and O–H groups in total. The van der Waals surface area contributed by atoms with E-state index in [2.05, 4.69) is 44.5 Å². The number of aromatic nitrogens is 2. The van der Waals surface area contributed by atoms with Crippen LogP contribution in [0.1, 0.15) is 31.5 Å². The highest BCUT2D eigenvalue weighted by molar-refractivity contribution is 9.10. The molecule has 114 valence electrons. The lowest BCUT2D eigenvalue weighted by atomic mass is 10.1. The maximum atomic E-state index is 6.36. The van der Waals surface area contributed by atoms with Crippen molar-refractivity contribution in [1.29, 1.82) is 0 Å². The molecule has 1 saturated heterocycles.